The molecule has 1 N–H and O–H groups in total. The molecule has 1 unspecified atom stereocenters. The monoisotopic (exact) mass is 400 g/mol. The highest BCUT2D eigenvalue weighted by molar-refractivity contribution is 7.14. The number of anilines is 1. The van der Waals surface area contributed by atoms with Crippen LogP contribution in [0.1, 0.15) is 12.5 Å². The SMILES string of the molecule is COc1ccc(-c2csc(NC(=O)C(C)Cc3cccc(F)c3)n2)cc1OC. The average Bonchev–Trinajstić information content (AvgIpc) is 3.15. The highest BCUT2D eigenvalue weighted by Gasteiger charge is 2.16. The quantitative estimate of drug-likeness (QED) is 0.620. The van der Waals surface area contributed by atoms with Gasteiger partial charge in [-0.2, -0.15) is 0 Å². The van der Waals surface area contributed by atoms with Gasteiger partial charge in [-0.1, -0.05) is 19.1 Å². The molecule has 146 valence electrons. The number of halogens is 1. The van der Waals surface area contributed by atoms with Crippen LogP contribution in [-0.4, -0.2) is 25.1 Å². The van der Waals surface area contributed by atoms with Crippen LogP contribution < -0.4 is 14.8 Å². The lowest BCUT2D eigenvalue weighted by Crippen LogP contribution is -2.22. The van der Waals surface area contributed by atoms with Crippen LogP contribution >= 0.6 is 11.3 Å². The van der Waals surface area contributed by atoms with Gasteiger partial charge in [-0.05, 0) is 42.3 Å². The van der Waals surface area contributed by atoms with Gasteiger partial charge in [0.1, 0.15) is 5.82 Å². The summed E-state index contributed by atoms with van der Waals surface area (Å²) in [5.74, 6) is 0.487. The van der Waals surface area contributed by atoms with Crippen LogP contribution in [0.3, 0.4) is 0 Å². The maximum Gasteiger partial charge on any atom is 0.229 e. The fourth-order valence-corrected chi connectivity index (χ4v) is 3.52. The summed E-state index contributed by atoms with van der Waals surface area (Å²) in [4.78, 5) is 16.9. The van der Waals surface area contributed by atoms with Crippen LogP contribution in [0.2, 0.25) is 0 Å². The second kappa shape index (κ2) is 8.84. The predicted molar refractivity (Wildman–Crippen MR) is 109 cm³/mol. The van der Waals surface area contributed by atoms with E-state index >= 15 is 0 Å². The molecule has 3 rings (SSSR count). The van der Waals surface area contributed by atoms with E-state index in [2.05, 4.69) is 10.3 Å². The average molecular weight is 400 g/mol. The van der Waals surface area contributed by atoms with Crippen LogP contribution in [0.5, 0.6) is 11.5 Å². The predicted octanol–water partition coefficient (Wildman–Crippen LogP) is 4.78. The van der Waals surface area contributed by atoms with Gasteiger partial charge in [0.25, 0.3) is 0 Å². The van der Waals surface area contributed by atoms with E-state index in [-0.39, 0.29) is 17.6 Å². The minimum atomic E-state index is -0.310. The molecule has 0 fully saturated rings. The molecule has 0 spiro atoms. The summed E-state index contributed by atoms with van der Waals surface area (Å²) in [6.45, 7) is 1.81. The number of ether oxygens (including phenoxy) is 2. The molecule has 28 heavy (non-hydrogen) atoms. The minimum absolute atomic E-state index is 0.155. The Morgan fingerprint density at radius 2 is 1.96 bits per heavy atom. The lowest BCUT2D eigenvalue weighted by molar-refractivity contribution is -0.119. The highest BCUT2D eigenvalue weighted by Crippen LogP contribution is 2.33. The largest absolute Gasteiger partial charge is 0.493 e. The number of thiazole rings is 1. The van der Waals surface area contributed by atoms with E-state index < -0.39 is 0 Å². The van der Waals surface area contributed by atoms with Gasteiger partial charge in [0, 0.05) is 16.9 Å². The van der Waals surface area contributed by atoms with Crippen molar-refractivity contribution in [1.29, 1.82) is 0 Å². The van der Waals surface area contributed by atoms with Crippen molar-refractivity contribution in [2.45, 2.75) is 13.3 Å². The third kappa shape index (κ3) is 4.67. The lowest BCUT2D eigenvalue weighted by Gasteiger charge is -2.11. The van der Waals surface area contributed by atoms with Crippen molar-refractivity contribution in [3.63, 3.8) is 0 Å². The van der Waals surface area contributed by atoms with E-state index in [1.54, 1.807) is 20.3 Å². The molecular weight excluding hydrogens is 379 g/mol. The molecule has 7 heteroatoms. The number of carbonyl (C=O) groups is 1. The third-order valence-corrected chi connectivity index (χ3v) is 5.05. The van der Waals surface area contributed by atoms with Gasteiger partial charge in [-0.15, -0.1) is 11.3 Å². The van der Waals surface area contributed by atoms with E-state index in [1.807, 2.05) is 36.6 Å². The maximum atomic E-state index is 13.3. The van der Waals surface area contributed by atoms with E-state index in [0.29, 0.717) is 23.1 Å². The van der Waals surface area contributed by atoms with Crippen molar-refractivity contribution >= 4 is 22.4 Å². The minimum Gasteiger partial charge on any atom is -0.493 e. The Bertz CT molecular complexity index is 974. The smallest absolute Gasteiger partial charge is 0.229 e. The summed E-state index contributed by atoms with van der Waals surface area (Å²) >= 11 is 1.35. The second-order valence-electron chi connectivity index (χ2n) is 6.33. The number of benzene rings is 2. The summed E-state index contributed by atoms with van der Waals surface area (Å²) in [5, 5.41) is 5.22. The standard InChI is InChI=1S/C21H21FN2O3S/c1-13(9-14-5-4-6-16(22)10-14)20(25)24-21-23-17(12-28-21)15-7-8-18(26-2)19(11-15)27-3/h4-8,10-13H,9H2,1-3H3,(H,23,24,25). The number of methoxy groups -OCH3 is 2. The first-order valence-corrected chi connectivity index (χ1v) is 9.61. The first-order chi connectivity index (χ1) is 13.5. The molecule has 0 saturated heterocycles. The molecule has 3 aromatic rings. The Morgan fingerprint density at radius 3 is 2.68 bits per heavy atom. The molecule has 1 amide bonds. The van der Waals surface area contributed by atoms with Gasteiger partial charge in [0.15, 0.2) is 16.6 Å². The zero-order chi connectivity index (χ0) is 20.1. The first kappa shape index (κ1) is 19.8. The third-order valence-electron chi connectivity index (χ3n) is 4.29. The summed E-state index contributed by atoms with van der Waals surface area (Å²) in [7, 11) is 3.16. The fourth-order valence-electron chi connectivity index (χ4n) is 2.80. The Balaban J connectivity index is 1.67. The Hall–Kier alpha value is -2.93. The summed E-state index contributed by atoms with van der Waals surface area (Å²) in [6, 6.07) is 11.8. The van der Waals surface area contributed by atoms with Gasteiger partial charge in [0.2, 0.25) is 5.91 Å². The van der Waals surface area contributed by atoms with Gasteiger partial charge in [-0.25, -0.2) is 9.37 Å². The molecule has 0 saturated carbocycles. The van der Waals surface area contributed by atoms with Crippen molar-refractivity contribution in [2.24, 2.45) is 5.92 Å². The van der Waals surface area contributed by atoms with Crippen LogP contribution in [0.15, 0.2) is 47.8 Å². The number of carbonyl (C=O) groups excluding carboxylic acids is 1. The molecule has 0 aliphatic rings. The Labute approximate surface area is 167 Å². The Kier molecular flexibility index (Phi) is 6.26. The second-order valence-corrected chi connectivity index (χ2v) is 7.19. The van der Waals surface area contributed by atoms with Crippen LogP contribution in [0.4, 0.5) is 9.52 Å². The molecular formula is C21H21FN2O3S. The molecule has 1 heterocycles. The maximum absolute atomic E-state index is 13.3. The van der Waals surface area contributed by atoms with E-state index in [9.17, 15) is 9.18 Å². The number of rotatable bonds is 7. The molecule has 2 aromatic carbocycles. The van der Waals surface area contributed by atoms with Crippen molar-refractivity contribution < 1.29 is 18.7 Å². The van der Waals surface area contributed by atoms with Crippen molar-refractivity contribution in [2.75, 3.05) is 19.5 Å². The van der Waals surface area contributed by atoms with Crippen molar-refractivity contribution in [3.05, 3.63) is 59.2 Å². The van der Waals surface area contributed by atoms with Gasteiger partial charge in [-0.3, -0.25) is 4.79 Å². The fraction of sp³-hybridized carbons (Fsp3) is 0.238. The first-order valence-electron chi connectivity index (χ1n) is 8.73. The number of nitrogens with zero attached hydrogens (tertiary/aromatic N) is 1. The Morgan fingerprint density at radius 1 is 1.18 bits per heavy atom. The normalized spacial score (nSPS) is 11.7. The molecule has 5 nitrogen and oxygen atoms in total. The van der Waals surface area contributed by atoms with Gasteiger partial charge >= 0.3 is 0 Å². The number of hydrogen-bond acceptors (Lipinski definition) is 5. The van der Waals surface area contributed by atoms with Crippen LogP contribution in [0.25, 0.3) is 11.3 Å². The number of amides is 1. The van der Waals surface area contributed by atoms with Crippen molar-refractivity contribution in [3.8, 4) is 22.8 Å². The summed E-state index contributed by atoms with van der Waals surface area (Å²) < 4.78 is 23.9. The molecule has 1 aromatic heterocycles. The van der Waals surface area contributed by atoms with E-state index in [4.69, 9.17) is 9.47 Å². The molecule has 0 aliphatic heterocycles. The number of nitrogens with one attached hydrogen (secondary N) is 1. The van der Waals surface area contributed by atoms with Gasteiger partial charge in [0.05, 0.1) is 19.9 Å². The lowest BCUT2D eigenvalue weighted by atomic mass is 10.0. The van der Waals surface area contributed by atoms with E-state index in [1.165, 1.54) is 23.5 Å². The zero-order valence-corrected chi connectivity index (χ0v) is 16.7. The molecule has 0 radical (unpaired) electrons. The van der Waals surface area contributed by atoms with Gasteiger partial charge < -0.3 is 14.8 Å². The summed E-state index contributed by atoms with van der Waals surface area (Å²) in [6.07, 6.45) is 0.456. The molecule has 0 bridgehead atoms. The van der Waals surface area contributed by atoms with Crippen LogP contribution in [0, 0.1) is 11.7 Å². The zero-order valence-electron chi connectivity index (χ0n) is 15.9. The van der Waals surface area contributed by atoms with Crippen LogP contribution in [-0.2, 0) is 11.2 Å². The number of aromatic nitrogens is 1. The topological polar surface area (TPSA) is 60.5 Å². The summed E-state index contributed by atoms with van der Waals surface area (Å²) in [5.41, 5.74) is 2.38. The molecule has 0 aliphatic carbocycles. The number of hydrogen-bond donors (Lipinski definition) is 1. The molecule has 1 atom stereocenters. The highest BCUT2D eigenvalue weighted by atomic mass is 32.1. The van der Waals surface area contributed by atoms with E-state index in [0.717, 1.165) is 16.8 Å². The van der Waals surface area contributed by atoms with Crippen molar-refractivity contribution in [1.82, 2.24) is 4.98 Å².